The molecule has 0 aliphatic rings. The molecule has 0 amide bonds. The first-order valence-electron chi connectivity index (χ1n) is 7.27. The lowest BCUT2D eigenvalue weighted by Gasteiger charge is -2.01. The van der Waals surface area contributed by atoms with Gasteiger partial charge in [0.1, 0.15) is 5.75 Å². The zero-order chi connectivity index (χ0) is 16.1. The number of ether oxygens (including phenoxy) is 1. The standard InChI is InChI=1S/C18H21NO3/c1-4-5-6-7-8-9-16-17(18(20)21)14-12-13(22-3)10-11-15(14)19(16)2/h4,8-12H,1,5-7H2,2-3H3,(H,20,21)/b9-8+. The molecule has 4 heteroatoms. The maximum Gasteiger partial charge on any atom is 0.338 e. The van der Waals surface area contributed by atoms with Crippen molar-refractivity contribution in [1.82, 2.24) is 4.57 Å². The third-order valence-electron chi connectivity index (χ3n) is 3.72. The van der Waals surface area contributed by atoms with Crippen LogP contribution in [0, 0.1) is 0 Å². The summed E-state index contributed by atoms with van der Waals surface area (Å²) >= 11 is 0. The number of fused-ring (bicyclic) bond motifs is 1. The SMILES string of the molecule is C=CCCC/C=C/c1c(C(=O)O)c2cc(OC)ccc2n1C. The van der Waals surface area contributed by atoms with Gasteiger partial charge in [-0.05, 0) is 43.5 Å². The lowest BCUT2D eigenvalue weighted by atomic mass is 10.1. The molecule has 116 valence electrons. The number of carboxylic acids is 1. The molecule has 1 aromatic heterocycles. The van der Waals surface area contributed by atoms with Crippen LogP contribution in [0.3, 0.4) is 0 Å². The number of hydrogen-bond donors (Lipinski definition) is 1. The van der Waals surface area contributed by atoms with Crippen molar-refractivity contribution in [2.24, 2.45) is 7.05 Å². The molecule has 0 radical (unpaired) electrons. The first-order chi connectivity index (χ1) is 10.6. The van der Waals surface area contributed by atoms with Gasteiger partial charge < -0.3 is 14.4 Å². The van der Waals surface area contributed by atoms with Crippen molar-refractivity contribution in [2.45, 2.75) is 19.3 Å². The van der Waals surface area contributed by atoms with Gasteiger partial charge in [-0.1, -0.05) is 12.2 Å². The molecule has 0 saturated heterocycles. The molecule has 0 aliphatic carbocycles. The summed E-state index contributed by atoms with van der Waals surface area (Å²) in [5.74, 6) is -0.272. The van der Waals surface area contributed by atoms with E-state index in [1.54, 1.807) is 13.2 Å². The lowest BCUT2D eigenvalue weighted by Crippen LogP contribution is -2.00. The topological polar surface area (TPSA) is 51.5 Å². The Morgan fingerprint density at radius 3 is 2.82 bits per heavy atom. The highest BCUT2D eigenvalue weighted by Crippen LogP contribution is 2.30. The second-order valence-corrected chi connectivity index (χ2v) is 5.13. The van der Waals surface area contributed by atoms with E-state index in [0.717, 1.165) is 24.8 Å². The number of carboxylic acid groups (broad SMARTS) is 1. The van der Waals surface area contributed by atoms with Crippen molar-refractivity contribution < 1.29 is 14.6 Å². The largest absolute Gasteiger partial charge is 0.497 e. The predicted octanol–water partition coefficient (Wildman–Crippen LogP) is 4.25. The van der Waals surface area contributed by atoms with Gasteiger partial charge in [-0.15, -0.1) is 6.58 Å². The Balaban J connectivity index is 2.48. The number of aromatic nitrogens is 1. The fourth-order valence-electron chi connectivity index (χ4n) is 2.57. The summed E-state index contributed by atoms with van der Waals surface area (Å²) in [6.07, 6.45) is 8.67. The predicted molar refractivity (Wildman–Crippen MR) is 89.5 cm³/mol. The fourth-order valence-corrected chi connectivity index (χ4v) is 2.57. The number of allylic oxidation sites excluding steroid dienone is 2. The molecule has 0 spiro atoms. The van der Waals surface area contributed by atoms with Crippen molar-refractivity contribution in [1.29, 1.82) is 0 Å². The number of unbranched alkanes of at least 4 members (excludes halogenated alkanes) is 2. The fraction of sp³-hybridized carbons (Fsp3) is 0.278. The molecule has 0 aliphatic heterocycles. The van der Waals surface area contributed by atoms with Gasteiger partial charge in [0.2, 0.25) is 0 Å². The minimum atomic E-state index is -0.926. The second kappa shape index (κ2) is 6.98. The summed E-state index contributed by atoms with van der Waals surface area (Å²) in [5, 5.41) is 10.3. The third kappa shape index (κ3) is 3.06. The van der Waals surface area contributed by atoms with E-state index in [1.807, 2.05) is 42.0 Å². The Labute approximate surface area is 130 Å². The van der Waals surface area contributed by atoms with Crippen molar-refractivity contribution in [3.8, 4) is 5.75 Å². The molecule has 1 heterocycles. The van der Waals surface area contributed by atoms with Crippen LogP contribution in [-0.4, -0.2) is 22.8 Å². The number of aryl methyl sites for hydroxylation is 1. The minimum absolute atomic E-state index is 0.316. The van der Waals surface area contributed by atoms with E-state index in [9.17, 15) is 9.90 Å². The average molecular weight is 299 g/mol. The number of hydrogen-bond acceptors (Lipinski definition) is 2. The van der Waals surface area contributed by atoms with Gasteiger partial charge in [-0.25, -0.2) is 4.79 Å². The van der Waals surface area contributed by atoms with E-state index in [2.05, 4.69) is 6.58 Å². The molecular weight excluding hydrogens is 278 g/mol. The lowest BCUT2D eigenvalue weighted by molar-refractivity contribution is 0.0698. The maximum absolute atomic E-state index is 11.7. The Morgan fingerprint density at radius 1 is 1.41 bits per heavy atom. The zero-order valence-electron chi connectivity index (χ0n) is 13.0. The molecule has 0 bridgehead atoms. The maximum atomic E-state index is 11.7. The normalized spacial score (nSPS) is 11.2. The van der Waals surface area contributed by atoms with E-state index in [4.69, 9.17) is 4.74 Å². The highest BCUT2D eigenvalue weighted by Gasteiger charge is 2.19. The minimum Gasteiger partial charge on any atom is -0.497 e. The first kappa shape index (κ1) is 15.9. The molecule has 0 atom stereocenters. The molecule has 2 aromatic rings. The number of benzene rings is 1. The molecule has 4 nitrogen and oxygen atoms in total. The summed E-state index contributed by atoms with van der Waals surface area (Å²) in [7, 11) is 3.45. The van der Waals surface area contributed by atoms with Crippen LogP contribution in [0.5, 0.6) is 5.75 Å². The van der Waals surface area contributed by atoms with E-state index in [0.29, 0.717) is 22.4 Å². The number of nitrogens with zero attached hydrogens (tertiary/aromatic N) is 1. The van der Waals surface area contributed by atoms with Crippen molar-refractivity contribution >= 4 is 22.9 Å². The second-order valence-electron chi connectivity index (χ2n) is 5.13. The highest BCUT2D eigenvalue weighted by atomic mass is 16.5. The van der Waals surface area contributed by atoms with Crippen LogP contribution in [0.2, 0.25) is 0 Å². The van der Waals surface area contributed by atoms with Crippen LogP contribution < -0.4 is 4.74 Å². The van der Waals surface area contributed by atoms with Crippen LogP contribution >= 0.6 is 0 Å². The molecular formula is C18H21NO3. The van der Waals surface area contributed by atoms with Crippen molar-refractivity contribution in [3.63, 3.8) is 0 Å². The number of aromatic carboxylic acids is 1. The first-order valence-corrected chi connectivity index (χ1v) is 7.27. The number of methoxy groups -OCH3 is 1. The Kier molecular flexibility index (Phi) is 5.04. The quantitative estimate of drug-likeness (QED) is 0.614. The van der Waals surface area contributed by atoms with Crippen molar-refractivity contribution in [2.75, 3.05) is 7.11 Å². The molecule has 0 saturated carbocycles. The van der Waals surface area contributed by atoms with Gasteiger partial charge >= 0.3 is 5.97 Å². The summed E-state index contributed by atoms with van der Waals surface area (Å²) in [6.45, 7) is 3.70. The molecule has 22 heavy (non-hydrogen) atoms. The summed E-state index contributed by atoms with van der Waals surface area (Å²) in [6, 6.07) is 5.50. The molecule has 1 aromatic carbocycles. The Bertz CT molecular complexity index is 725. The number of rotatable bonds is 7. The molecule has 0 unspecified atom stereocenters. The molecule has 0 fully saturated rings. The van der Waals surface area contributed by atoms with Crippen molar-refractivity contribution in [3.05, 3.63) is 48.2 Å². The van der Waals surface area contributed by atoms with Gasteiger partial charge in [0, 0.05) is 18.0 Å². The van der Waals surface area contributed by atoms with Gasteiger partial charge in [-0.3, -0.25) is 0 Å². The van der Waals surface area contributed by atoms with Gasteiger partial charge in [0.25, 0.3) is 0 Å². The van der Waals surface area contributed by atoms with Gasteiger partial charge in [-0.2, -0.15) is 0 Å². The molecule has 2 rings (SSSR count). The molecule has 1 N–H and O–H groups in total. The Morgan fingerprint density at radius 2 is 2.18 bits per heavy atom. The van der Waals surface area contributed by atoms with Gasteiger partial charge in [0.05, 0.1) is 18.4 Å². The van der Waals surface area contributed by atoms with Crippen LogP contribution in [0.25, 0.3) is 17.0 Å². The van der Waals surface area contributed by atoms with Crippen LogP contribution in [-0.2, 0) is 7.05 Å². The smallest absolute Gasteiger partial charge is 0.338 e. The van der Waals surface area contributed by atoms with Gasteiger partial charge in [0.15, 0.2) is 0 Å². The van der Waals surface area contributed by atoms with E-state index >= 15 is 0 Å². The summed E-state index contributed by atoms with van der Waals surface area (Å²) in [4.78, 5) is 11.7. The van der Waals surface area contributed by atoms with E-state index in [1.165, 1.54) is 0 Å². The Hall–Kier alpha value is -2.49. The zero-order valence-corrected chi connectivity index (χ0v) is 13.0. The third-order valence-corrected chi connectivity index (χ3v) is 3.72. The van der Waals surface area contributed by atoms with Crippen LogP contribution in [0.1, 0.15) is 35.3 Å². The monoisotopic (exact) mass is 299 g/mol. The highest BCUT2D eigenvalue weighted by molar-refractivity contribution is 6.07. The van der Waals surface area contributed by atoms with E-state index in [-0.39, 0.29) is 0 Å². The van der Waals surface area contributed by atoms with Crippen LogP contribution in [0.4, 0.5) is 0 Å². The number of carbonyl (C=O) groups is 1. The van der Waals surface area contributed by atoms with Crippen LogP contribution in [0.15, 0.2) is 36.9 Å². The summed E-state index contributed by atoms with van der Waals surface area (Å²) in [5.41, 5.74) is 1.90. The summed E-state index contributed by atoms with van der Waals surface area (Å²) < 4.78 is 7.11. The van der Waals surface area contributed by atoms with E-state index < -0.39 is 5.97 Å². The average Bonchev–Trinajstić information content (AvgIpc) is 2.79.